The number of amidine groups is 1. The van der Waals surface area contributed by atoms with Gasteiger partial charge in [0.05, 0.1) is 13.2 Å². The highest BCUT2D eigenvalue weighted by Gasteiger charge is 2.37. The molecule has 1 aliphatic carbocycles. The van der Waals surface area contributed by atoms with Crippen molar-refractivity contribution in [3.8, 4) is 0 Å². The smallest absolute Gasteiger partial charge is 0.246 e. The molecule has 7 nitrogen and oxygen atoms in total. The van der Waals surface area contributed by atoms with Crippen molar-refractivity contribution >= 4 is 11.7 Å². The van der Waals surface area contributed by atoms with Crippen LogP contribution in [0, 0.1) is 0 Å². The van der Waals surface area contributed by atoms with Gasteiger partial charge in [0.1, 0.15) is 12.1 Å². The molecule has 0 saturated heterocycles. The van der Waals surface area contributed by atoms with Crippen LogP contribution >= 0.6 is 0 Å². The number of nitrogens with one attached hydrogen (secondary N) is 1. The van der Waals surface area contributed by atoms with Gasteiger partial charge in [0.25, 0.3) is 0 Å². The summed E-state index contributed by atoms with van der Waals surface area (Å²) in [6.07, 6.45) is 5.46. The van der Waals surface area contributed by atoms with Crippen molar-refractivity contribution in [2.45, 2.75) is 44.1 Å². The highest BCUT2D eigenvalue weighted by atomic mass is 16.5. The molecular formula is C13H25N3O4. The van der Waals surface area contributed by atoms with Crippen molar-refractivity contribution in [1.82, 2.24) is 5.32 Å². The zero-order chi connectivity index (χ0) is 14.8. The molecule has 1 fully saturated rings. The predicted octanol–water partition coefficient (Wildman–Crippen LogP) is 0.605. The van der Waals surface area contributed by atoms with Crippen LogP contribution in [0.3, 0.4) is 0 Å². The molecule has 1 saturated carbocycles. The van der Waals surface area contributed by atoms with Crippen LogP contribution in [-0.2, 0) is 14.3 Å². The Balaban J connectivity index is 2.58. The number of carbonyl (C=O) groups is 1. The van der Waals surface area contributed by atoms with E-state index in [4.69, 9.17) is 20.4 Å². The van der Waals surface area contributed by atoms with Gasteiger partial charge in [0.15, 0.2) is 5.84 Å². The molecular weight excluding hydrogens is 262 g/mol. The van der Waals surface area contributed by atoms with Crippen LogP contribution in [0.15, 0.2) is 5.16 Å². The molecule has 1 aliphatic rings. The molecule has 1 amide bonds. The van der Waals surface area contributed by atoms with Gasteiger partial charge < -0.3 is 25.7 Å². The summed E-state index contributed by atoms with van der Waals surface area (Å²) in [7, 11) is 1.57. The van der Waals surface area contributed by atoms with Gasteiger partial charge in [0.2, 0.25) is 5.91 Å². The molecule has 7 heteroatoms. The minimum Gasteiger partial charge on any atom is -0.409 e. The van der Waals surface area contributed by atoms with Crippen LogP contribution in [0.4, 0.5) is 0 Å². The lowest BCUT2D eigenvalue weighted by atomic mass is 9.88. The van der Waals surface area contributed by atoms with Crippen molar-refractivity contribution in [2.24, 2.45) is 10.9 Å². The summed E-state index contributed by atoms with van der Waals surface area (Å²) in [5.41, 5.74) is 5.06. The van der Waals surface area contributed by atoms with E-state index >= 15 is 0 Å². The molecule has 0 aliphatic heterocycles. The first kappa shape index (κ1) is 16.7. The zero-order valence-corrected chi connectivity index (χ0v) is 12.1. The van der Waals surface area contributed by atoms with E-state index in [1.54, 1.807) is 7.11 Å². The molecule has 4 N–H and O–H groups in total. The van der Waals surface area contributed by atoms with Crippen molar-refractivity contribution in [3.05, 3.63) is 0 Å². The monoisotopic (exact) mass is 287 g/mol. The van der Waals surface area contributed by atoms with Gasteiger partial charge in [-0.3, -0.25) is 4.79 Å². The van der Waals surface area contributed by atoms with Gasteiger partial charge in [-0.15, -0.1) is 0 Å². The van der Waals surface area contributed by atoms with Gasteiger partial charge >= 0.3 is 0 Å². The molecule has 0 heterocycles. The van der Waals surface area contributed by atoms with Crippen LogP contribution in [0.25, 0.3) is 0 Å². The largest absolute Gasteiger partial charge is 0.409 e. The van der Waals surface area contributed by atoms with Crippen LogP contribution in [-0.4, -0.2) is 49.4 Å². The SMILES string of the molecule is COCCOCC(=O)NC1(C(N)=NO)CCCCCC1. The molecule has 1 rings (SSSR count). The number of nitrogens with two attached hydrogens (primary N) is 1. The van der Waals surface area contributed by atoms with Gasteiger partial charge in [-0.05, 0) is 12.8 Å². The van der Waals surface area contributed by atoms with E-state index in [0.717, 1.165) is 25.7 Å². The second-order valence-corrected chi connectivity index (χ2v) is 5.08. The number of hydrogen-bond acceptors (Lipinski definition) is 5. The van der Waals surface area contributed by atoms with Crippen LogP contribution < -0.4 is 11.1 Å². The number of ether oxygens (including phenoxy) is 2. The number of hydrogen-bond donors (Lipinski definition) is 3. The molecule has 0 aromatic heterocycles. The molecule has 0 aromatic carbocycles. The summed E-state index contributed by atoms with van der Waals surface area (Å²) in [6.45, 7) is 0.753. The van der Waals surface area contributed by atoms with Gasteiger partial charge in [-0.25, -0.2) is 0 Å². The Hall–Kier alpha value is -1.34. The van der Waals surface area contributed by atoms with Gasteiger partial charge in [-0.1, -0.05) is 30.8 Å². The van der Waals surface area contributed by atoms with Crippen LogP contribution in [0.5, 0.6) is 0 Å². The van der Waals surface area contributed by atoms with Crippen molar-refractivity contribution in [2.75, 3.05) is 26.9 Å². The quantitative estimate of drug-likeness (QED) is 0.159. The first-order chi connectivity index (χ1) is 9.64. The fraction of sp³-hybridized carbons (Fsp3) is 0.846. The molecule has 0 atom stereocenters. The summed E-state index contributed by atoms with van der Waals surface area (Å²) in [6, 6.07) is 0. The minimum absolute atomic E-state index is 0.0518. The zero-order valence-electron chi connectivity index (χ0n) is 12.1. The lowest BCUT2D eigenvalue weighted by molar-refractivity contribution is -0.127. The number of amides is 1. The van der Waals surface area contributed by atoms with Gasteiger partial charge in [-0.2, -0.15) is 0 Å². The standard InChI is InChI=1S/C13H25N3O4/c1-19-8-9-20-10-11(17)15-13(12(14)16-18)6-4-2-3-5-7-13/h18H,2-10H2,1H3,(H2,14,16)(H,15,17). The lowest BCUT2D eigenvalue weighted by Gasteiger charge is -2.32. The third kappa shape index (κ3) is 4.97. The maximum Gasteiger partial charge on any atom is 0.246 e. The fourth-order valence-corrected chi connectivity index (χ4v) is 2.48. The van der Waals surface area contributed by atoms with Gasteiger partial charge in [0, 0.05) is 7.11 Å². The number of carbonyl (C=O) groups excluding carboxylic acids is 1. The van der Waals surface area contributed by atoms with E-state index in [1.165, 1.54) is 0 Å². The first-order valence-electron chi connectivity index (χ1n) is 7.00. The normalized spacial score (nSPS) is 19.4. The fourth-order valence-electron chi connectivity index (χ4n) is 2.48. The molecule has 0 spiro atoms. The van der Waals surface area contributed by atoms with Crippen molar-refractivity contribution in [1.29, 1.82) is 0 Å². The van der Waals surface area contributed by atoms with Crippen LogP contribution in [0.1, 0.15) is 38.5 Å². The summed E-state index contributed by atoms with van der Waals surface area (Å²) in [5.74, 6) is -0.181. The number of oxime groups is 1. The molecule has 0 radical (unpaired) electrons. The molecule has 20 heavy (non-hydrogen) atoms. The van der Waals surface area contributed by atoms with Crippen LogP contribution in [0.2, 0.25) is 0 Å². The molecule has 116 valence electrons. The molecule has 0 aromatic rings. The Morgan fingerprint density at radius 2 is 1.95 bits per heavy atom. The maximum absolute atomic E-state index is 11.9. The molecule has 0 unspecified atom stereocenters. The predicted molar refractivity (Wildman–Crippen MR) is 74.7 cm³/mol. The van der Waals surface area contributed by atoms with E-state index in [0.29, 0.717) is 26.1 Å². The molecule has 0 bridgehead atoms. The van der Waals surface area contributed by atoms with Crippen molar-refractivity contribution < 1.29 is 19.5 Å². The maximum atomic E-state index is 11.9. The topological polar surface area (TPSA) is 106 Å². The highest BCUT2D eigenvalue weighted by molar-refractivity contribution is 5.94. The number of rotatable bonds is 7. The summed E-state index contributed by atoms with van der Waals surface area (Å²) < 4.78 is 10.0. The van der Waals surface area contributed by atoms with E-state index in [-0.39, 0.29) is 18.3 Å². The second-order valence-electron chi connectivity index (χ2n) is 5.08. The minimum atomic E-state index is -0.743. The van der Waals surface area contributed by atoms with E-state index in [2.05, 4.69) is 10.5 Å². The third-order valence-corrected chi connectivity index (χ3v) is 3.60. The van der Waals surface area contributed by atoms with Crippen molar-refractivity contribution in [3.63, 3.8) is 0 Å². The summed E-state index contributed by atoms with van der Waals surface area (Å²) in [5, 5.41) is 15.0. The Morgan fingerprint density at radius 3 is 2.50 bits per heavy atom. The Kier molecular flexibility index (Phi) is 7.32. The lowest BCUT2D eigenvalue weighted by Crippen LogP contribution is -2.58. The van der Waals surface area contributed by atoms with E-state index in [1.807, 2.05) is 0 Å². The third-order valence-electron chi connectivity index (χ3n) is 3.60. The average molecular weight is 287 g/mol. The summed E-state index contributed by atoms with van der Waals surface area (Å²) in [4.78, 5) is 11.9. The number of nitrogens with zero attached hydrogens (tertiary/aromatic N) is 1. The Morgan fingerprint density at radius 1 is 1.30 bits per heavy atom. The Labute approximate surface area is 119 Å². The summed E-state index contributed by atoms with van der Waals surface area (Å²) >= 11 is 0. The average Bonchev–Trinajstić information content (AvgIpc) is 2.69. The second kappa shape index (κ2) is 8.76. The Bertz CT molecular complexity index is 326. The van der Waals surface area contributed by atoms with E-state index < -0.39 is 5.54 Å². The highest BCUT2D eigenvalue weighted by Crippen LogP contribution is 2.27. The van der Waals surface area contributed by atoms with E-state index in [9.17, 15) is 4.79 Å². The number of methoxy groups -OCH3 is 1. The first-order valence-corrected chi connectivity index (χ1v) is 7.00.